The van der Waals surface area contributed by atoms with Crippen LogP contribution in [0.4, 0.5) is 11.4 Å². The number of benzene rings is 3. The van der Waals surface area contributed by atoms with E-state index in [0.717, 1.165) is 34.5 Å². The van der Waals surface area contributed by atoms with Crippen molar-refractivity contribution in [1.29, 1.82) is 0 Å². The molecular weight excluding hydrogens is 530 g/mol. The monoisotopic (exact) mass is 557 g/mol. The maximum Gasteiger partial charge on any atom is 0.340 e. The lowest BCUT2D eigenvalue weighted by Gasteiger charge is -2.20. The molecule has 0 spiro atoms. The van der Waals surface area contributed by atoms with Crippen molar-refractivity contribution < 1.29 is 27.5 Å². The van der Waals surface area contributed by atoms with Crippen LogP contribution in [0.5, 0.6) is 0 Å². The fourth-order valence-electron chi connectivity index (χ4n) is 3.64. The van der Waals surface area contributed by atoms with Crippen molar-refractivity contribution in [2.75, 3.05) is 43.5 Å². The summed E-state index contributed by atoms with van der Waals surface area (Å²) in [5.41, 5.74) is 2.19. The Labute approximate surface area is 227 Å². The van der Waals surface area contributed by atoms with Gasteiger partial charge in [-0.3, -0.25) is 13.9 Å². The fraction of sp³-hybridized carbons (Fsp3) is 0.222. The Hall–Kier alpha value is -3.89. The third kappa shape index (κ3) is 6.70. The predicted molar refractivity (Wildman–Crippen MR) is 146 cm³/mol. The minimum absolute atomic E-state index is 0.0280. The summed E-state index contributed by atoms with van der Waals surface area (Å²) >= 11 is 6.14. The number of sulfonamides is 1. The van der Waals surface area contributed by atoms with Crippen LogP contribution in [0, 0.1) is 0 Å². The van der Waals surface area contributed by atoms with Gasteiger partial charge in [-0.1, -0.05) is 48.0 Å². The number of fused-ring (bicyclic) bond motifs is 1. The highest BCUT2D eigenvalue weighted by atomic mass is 35.5. The average molecular weight is 558 g/mol. The molecule has 0 saturated carbocycles. The lowest BCUT2D eigenvalue weighted by molar-refractivity contribution is -0.121. The van der Waals surface area contributed by atoms with E-state index in [2.05, 4.69) is 0 Å². The van der Waals surface area contributed by atoms with Crippen LogP contribution in [0.1, 0.15) is 15.9 Å². The molecule has 11 heteroatoms. The third-order valence-corrected chi connectivity index (χ3v) is 7.77. The smallest absolute Gasteiger partial charge is 0.340 e. The SMILES string of the molecule is CN(C)C=O.CN(c1ccccc1)S(=O)(=O)c1ccc(Cl)c(C(=O)OCC(=O)N2CCc3ccccc32)c1. The number of nitrogens with zero attached hydrogens (tertiary/aromatic N) is 3. The normalized spacial score (nSPS) is 12.1. The Morgan fingerprint density at radius 3 is 2.29 bits per heavy atom. The Balaban J connectivity index is 0.000000732. The van der Waals surface area contributed by atoms with Gasteiger partial charge in [0.05, 0.1) is 21.2 Å². The van der Waals surface area contributed by atoms with Crippen LogP contribution in [0.3, 0.4) is 0 Å². The zero-order valence-electron chi connectivity index (χ0n) is 21.2. The summed E-state index contributed by atoms with van der Waals surface area (Å²) in [6.45, 7) is 0.0282. The molecule has 9 nitrogen and oxygen atoms in total. The number of carbonyl (C=O) groups is 3. The molecule has 0 fully saturated rings. The standard InChI is InChI=1S/C24H21ClN2O5S.C3H7NO/c1-26(18-8-3-2-4-9-18)33(30,31)19-11-12-21(25)20(15-19)24(29)32-16-23(28)27-14-13-17-7-5-6-10-22(17)27;1-4(2)3-5/h2-12,15H,13-14,16H2,1H3;3H,1-2H3. The van der Waals surface area contributed by atoms with E-state index in [-0.39, 0.29) is 21.4 Å². The maximum atomic E-state index is 13.0. The van der Waals surface area contributed by atoms with Crippen LogP contribution in [0.2, 0.25) is 5.02 Å². The molecule has 0 bridgehead atoms. The predicted octanol–water partition coefficient (Wildman–Crippen LogP) is 3.62. The molecule has 200 valence electrons. The molecule has 38 heavy (non-hydrogen) atoms. The number of hydrogen-bond acceptors (Lipinski definition) is 6. The Kier molecular flexibility index (Phi) is 9.49. The van der Waals surface area contributed by atoms with Crippen LogP contribution < -0.4 is 9.21 Å². The van der Waals surface area contributed by atoms with E-state index in [1.807, 2.05) is 24.3 Å². The minimum atomic E-state index is -3.95. The molecule has 2 amide bonds. The molecule has 0 aliphatic carbocycles. The van der Waals surface area contributed by atoms with E-state index >= 15 is 0 Å². The van der Waals surface area contributed by atoms with Gasteiger partial charge in [-0.25, -0.2) is 13.2 Å². The Morgan fingerprint density at radius 2 is 1.63 bits per heavy atom. The highest BCUT2D eigenvalue weighted by Gasteiger charge is 2.27. The molecule has 0 atom stereocenters. The summed E-state index contributed by atoms with van der Waals surface area (Å²) in [4.78, 5) is 37.6. The van der Waals surface area contributed by atoms with Gasteiger partial charge in [0.15, 0.2) is 6.61 Å². The first kappa shape index (κ1) is 28.7. The molecule has 0 aromatic heterocycles. The number of hydrogen-bond donors (Lipinski definition) is 0. The van der Waals surface area contributed by atoms with Gasteiger partial charge < -0.3 is 14.5 Å². The zero-order chi connectivity index (χ0) is 27.9. The lowest BCUT2D eigenvalue weighted by atomic mass is 10.2. The van der Waals surface area contributed by atoms with Crippen LogP contribution in [0.15, 0.2) is 77.7 Å². The van der Waals surface area contributed by atoms with Gasteiger partial charge >= 0.3 is 5.97 Å². The number of anilines is 2. The van der Waals surface area contributed by atoms with Gasteiger partial charge in [0, 0.05) is 33.4 Å². The molecule has 4 rings (SSSR count). The number of rotatable bonds is 7. The van der Waals surface area contributed by atoms with Gasteiger partial charge in [-0.15, -0.1) is 0 Å². The summed E-state index contributed by atoms with van der Waals surface area (Å²) in [5.74, 6) is -1.24. The molecular formula is C27H28ClN3O6S. The third-order valence-electron chi connectivity index (χ3n) is 5.66. The van der Waals surface area contributed by atoms with E-state index < -0.39 is 22.6 Å². The molecule has 0 radical (unpaired) electrons. The second-order valence-corrected chi connectivity index (χ2v) is 10.9. The second-order valence-electron chi connectivity index (χ2n) is 8.52. The quantitative estimate of drug-likeness (QED) is 0.325. The summed E-state index contributed by atoms with van der Waals surface area (Å²) in [7, 11) is 0.845. The van der Waals surface area contributed by atoms with Crippen molar-refractivity contribution in [2.24, 2.45) is 0 Å². The van der Waals surface area contributed by atoms with Crippen molar-refractivity contribution in [3.8, 4) is 0 Å². The van der Waals surface area contributed by atoms with Gasteiger partial charge in [-0.2, -0.15) is 0 Å². The van der Waals surface area contributed by atoms with Crippen molar-refractivity contribution in [3.05, 3.63) is 88.9 Å². The lowest BCUT2D eigenvalue weighted by Crippen LogP contribution is -2.33. The van der Waals surface area contributed by atoms with E-state index in [4.69, 9.17) is 16.3 Å². The minimum Gasteiger partial charge on any atom is -0.452 e. The molecule has 0 unspecified atom stereocenters. The van der Waals surface area contributed by atoms with Crippen molar-refractivity contribution in [1.82, 2.24) is 4.90 Å². The molecule has 3 aromatic rings. The largest absolute Gasteiger partial charge is 0.452 e. The van der Waals surface area contributed by atoms with Gasteiger partial charge in [0.2, 0.25) is 6.41 Å². The molecule has 1 aliphatic heterocycles. The van der Waals surface area contributed by atoms with Crippen molar-refractivity contribution in [2.45, 2.75) is 11.3 Å². The van der Waals surface area contributed by atoms with Crippen LogP contribution in [-0.2, 0) is 30.8 Å². The first-order valence-electron chi connectivity index (χ1n) is 11.6. The highest BCUT2D eigenvalue weighted by Crippen LogP contribution is 2.28. The summed E-state index contributed by atoms with van der Waals surface area (Å²) in [6, 6.07) is 19.9. The topological polar surface area (TPSA) is 104 Å². The van der Waals surface area contributed by atoms with Gasteiger partial charge in [0.25, 0.3) is 15.9 Å². The number of esters is 1. The fourth-order valence-corrected chi connectivity index (χ4v) is 5.05. The van der Waals surface area contributed by atoms with Crippen LogP contribution >= 0.6 is 11.6 Å². The maximum absolute atomic E-state index is 13.0. The van der Waals surface area contributed by atoms with E-state index in [1.54, 1.807) is 49.3 Å². The van der Waals surface area contributed by atoms with Gasteiger partial charge in [0.1, 0.15) is 0 Å². The molecule has 1 heterocycles. The van der Waals surface area contributed by atoms with E-state index in [1.165, 1.54) is 24.1 Å². The van der Waals surface area contributed by atoms with Crippen LogP contribution in [0.25, 0.3) is 0 Å². The first-order valence-corrected chi connectivity index (χ1v) is 13.4. The number of amides is 2. The molecule has 1 aliphatic rings. The number of ether oxygens (including phenoxy) is 1. The van der Waals surface area contributed by atoms with E-state index in [0.29, 0.717) is 12.2 Å². The summed E-state index contributed by atoms with van der Waals surface area (Å²) in [5, 5.41) is 0.0280. The molecule has 0 N–H and O–H groups in total. The van der Waals surface area contributed by atoms with Gasteiger partial charge in [-0.05, 0) is 48.4 Å². The first-order chi connectivity index (χ1) is 18.1. The summed E-state index contributed by atoms with van der Waals surface area (Å²) < 4.78 is 32.4. The zero-order valence-corrected chi connectivity index (χ0v) is 22.8. The summed E-state index contributed by atoms with van der Waals surface area (Å²) in [6.07, 6.45) is 1.48. The van der Waals surface area contributed by atoms with Crippen molar-refractivity contribution >= 4 is 51.3 Å². The van der Waals surface area contributed by atoms with E-state index in [9.17, 15) is 22.8 Å². The van der Waals surface area contributed by atoms with Crippen LogP contribution in [-0.4, -0.2) is 65.9 Å². The Morgan fingerprint density at radius 1 is 1.00 bits per heavy atom. The Bertz CT molecular complexity index is 1410. The molecule has 0 saturated heterocycles. The number of para-hydroxylation sites is 2. The number of carbonyl (C=O) groups excluding carboxylic acids is 3. The second kappa shape index (κ2) is 12.6. The van der Waals surface area contributed by atoms with Crippen molar-refractivity contribution in [3.63, 3.8) is 0 Å². The average Bonchev–Trinajstić information content (AvgIpc) is 3.36. The number of halogens is 1. The molecule has 3 aromatic carbocycles. The highest BCUT2D eigenvalue weighted by molar-refractivity contribution is 7.92.